The number of nitrogens with zero attached hydrogens (tertiary/aromatic N) is 2. The van der Waals surface area contributed by atoms with Crippen molar-refractivity contribution in [2.45, 2.75) is 28.4 Å². The zero-order chi connectivity index (χ0) is 23.6. The van der Waals surface area contributed by atoms with Gasteiger partial charge in [0.05, 0.1) is 28.7 Å². The number of amides is 2. The number of thioether (sulfide) groups is 1. The molecule has 0 unspecified atom stereocenters. The lowest BCUT2D eigenvalue weighted by atomic mass is 10.2. The number of ether oxygens (including phenoxy) is 1. The second-order valence-corrected chi connectivity index (χ2v) is 11.5. The quantitative estimate of drug-likeness (QED) is 0.666. The molecule has 10 heteroatoms. The van der Waals surface area contributed by atoms with Gasteiger partial charge in [0, 0.05) is 43.2 Å². The number of rotatable bonds is 6. The molecule has 0 spiro atoms. The van der Waals surface area contributed by atoms with Crippen LogP contribution in [0.25, 0.3) is 0 Å². The number of hydrogen-bond donors (Lipinski definition) is 1. The molecule has 2 aromatic rings. The third kappa shape index (κ3) is 5.27. The molecule has 0 saturated carbocycles. The topological polar surface area (TPSA) is 96.0 Å². The van der Waals surface area contributed by atoms with E-state index in [0.29, 0.717) is 31.9 Å². The van der Waals surface area contributed by atoms with Gasteiger partial charge >= 0.3 is 0 Å². The van der Waals surface area contributed by atoms with Crippen LogP contribution in [0, 0.1) is 0 Å². The van der Waals surface area contributed by atoms with Gasteiger partial charge in [-0.25, -0.2) is 8.42 Å². The first-order chi connectivity index (χ1) is 15.8. The fourth-order valence-corrected chi connectivity index (χ4v) is 6.07. The number of hydrogen-bond acceptors (Lipinski definition) is 7. The zero-order valence-corrected chi connectivity index (χ0v) is 20.2. The Bertz CT molecular complexity index is 1140. The Morgan fingerprint density at radius 2 is 1.82 bits per heavy atom. The minimum Gasteiger partial charge on any atom is -0.497 e. The van der Waals surface area contributed by atoms with E-state index in [4.69, 9.17) is 4.74 Å². The van der Waals surface area contributed by atoms with Crippen LogP contribution in [0.15, 0.2) is 52.3 Å². The summed E-state index contributed by atoms with van der Waals surface area (Å²) in [4.78, 5) is 29.5. The molecule has 4 rings (SSSR count). The summed E-state index contributed by atoms with van der Waals surface area (Å²) >= 11 is 1.40. The Balaban J connectivity index is 1.32. The van der Waals surface area contributed by atoms with Crippen molar-refractivity contribution in [1.29, 1.82) is 0 Å². The first kappa shape index (κ1) is 23.4. The fraction of sp³-hybridized carbons (Fsp3) is 0.391. The van der Waals surface area contributed by atoms with Gasteiger partial charge in [0.1, 0.15) is 5.75 Å². The highest BCUT2D eigenvalue weighted by Gasteiger charge is 2.27. The average molecular weight is 490 g/mol. The van der Waals surface area contributed by atoms with Gasteiger partial charge in [0.25, 0.3) is 0 Å². The third-order valence-corrected chi connectivity index (χ3v) is 8.79. The fourth-order valence-electron chi connectivity index (χ4n) is 3.89. The highest BCUT2D eigenvalue weighted by Crippen LogP contribution is 2.37. The molecule has 2 aliphatic rings. The lowest BCUT2D eigenvalue weighted by Crippen LogP contribution is -2.49. The molecule has 33 heavy (non-hydrogen) atoms. The summed E-state index contributed by atoms with van der Waals surface area (Å²) in [7, 11) is -2.02. The van der Waals surface area contributed by atoms with Gasteiger partial charge < -0.3 is 19.9 Å². The van der Waals surface area contributed by atoms with Crippen molar-refractivity contribution in [1.82, 2.24) is 4.90 Å². The van der Waals surface area contributed by atoms with Crippen LogP contribution in [0.5, 0.6) is 5.75 Å². The highest BCUT2D eigenvalue weighted by atomic mass is 32.2. The minimum absolute atomic E-state index is 0.0693. The van der Waals surface area contributed by atoms with Crippen molar-refractivity contribution in [3.05, 3.63) is 42.5 Å². The normalized spacial score (nSPS) is 18.5. The Morgan fingerprint density at radius 3 is 2.48 bits per heavy atom. The molecular weight excluding hydrogens is 462 g/mol. The van der Waals surface area contributed by atoms with Gasteiger partial charge in [-0.05, 0) is 49.4 Å². The van der Waals surface area contributed by atoms with E-state index in [1.54, 1.807) is 31.1 Å². The number of fused-ring (bicyclic) bond motifs is 1. The van der Waals surface area contributed by atoms with Gasteiger partial charge in [-0.3, -0.25) is 9.59 Å². The molecule has 1 N–H and O–H groups in total. The molecular formula is C23H27N3O5S2. The number of piperazine rings is 1. The van der Waals surface area contributed by atoms with Gasteiger partial charge in [0.2, 0.25) is 11.8 Å². The van der Waals surface area contributed by atoms with Crippen molar-refractivity contribution in [3.63, 3.8) is 0 Å². The molecule has 176 valence electrons. The summed E-state index contributed by atoms with van der Waals surface area (Å²) in [6, 6.07) is 12.5. The number of benzene rings is 2. The maximum Gasteiger partial charge on any atom is 0.237 e. The first-order valence-corrected chi connectivity index (χ1v) is 13.3. The van der Waals surface area contributed by atoms with Crippen molar-refractivity contribution < 1.29 is 22.7 Å². The number of anilines is 2. The SMILES string of the molecule is COc1ccc(N2CCN(C(=O)CCS(=O)(=O)c3ccc4c(c3)NC(=O)[C@H](C)S4)CC2)cc1. The molecule has 2 aliphatic heterocycles. The van der Waals surface area contributed by atoms with Crippen molar-refractivity contribution in [2.75, 3.05) is 49.3 Å². The predicted octanol–water partition coefficient (Wildman–Crippen LogP) is 2.64. The summed E-state index contributed by atoms with van der Waals surface area (Å²) in [6.45, 7) is 4.27. The third-order valence-electron chi connectivity index (χ3n) is 5.90. The minimum atomic E-state index is -3.65. The Morgan fingerprint density at radius 1 is 1.12 bits per heavy atom. The number of nitrogens with one attached hydrogen (secondary N) is 1. The van der Waals surface area contributed by atoms with E-state index in [1.807, 2.05) is 24.3 Å². The molecule has 2 aromatic carbocycles. The van der Waals surface area contributed by atoms with Gasteiger partial charge in [-0.15, -0.1) is 11.8 Å². The maximum atomic E-state index is 12.8. The maximum absolute atomic E-state index is 12.8. The van der Waals surface area contributed by atoms with Crippen LogP contribution < -0.4 is 15.0 Å². The van der Waals surface area contributed by atoms with E-state index in [0.717, 1.165) is 16.3 Å². The average Bonchev–Trinajstić information content (AvgIpc) is 2.83. The number of carbonyl (C=O) groups is 2. The largest absolute Gasteiger partial charge is 0.497 e. The highest BCUT2D eigenvalue weighted by molar-refractivity contribution is 8.01. The van der Waals surface area contributed by atoms with Crippen molar-refractivity contribution in [3.8, 4) is 5.75 Å². The van der Waals surface area contributed by atoms with Gasteiger partial charge in [0.15, 0.2) is 9.84 Å². The summed E-state index contributed by atoms with van der Waals surface area (Å²) in [5.41, 5.74) is 1.57. The molecule has 1 saturated heterocycles. The van der Waals surface area contributed by atoms with Crippen molar-refractivity contribution >= 4 is 44.8 Å². The van der Waals surface area contributed by atoms with Crippen LogP contribution in [0.3, 0.4) is 0 Å². The van der Waals surface area contributed by atoms with E-state index in [-0.39, 0.29) is 34.1 Å². The van der Waals surface area contributed by atoms with Gasteiger partial charge in [-0.1, -0.05) is 0 Å². The van der Waals surface area contributed by atoms with Crippen LogP contribution in [-0.4, -0.2) is 69.4 Å². The summed E-state index contributed by atoms with van der Waals surface area (Å²) in [6.07, 6.45) is -0.0693. The number of sulfone groups is 1. The Labute approximate surface area is 198 Å². The van der Waals surface area contributed by atoms with E-state index >= 15 is 0 Å². The van der Waals surface area contributed by atoms with Crippen LogP contribution in [0.4, 0.5) is 11.4 Å². The Hall–Kier alpha value is -2.72. The number of methoxy groups -OCH3 is 1. The first-order valence-electron chi connectivity index (χ1n) is 10.8. The molecule has 0 bridgehead atoms. The molecule has 0 radical (unpaired) electrons. The lowest BCUT2D eigenvalue weighted by Gasteiger charge is -2.36. The van der Waals surface area contributed by atoms with Crippen LogP contribution >= 0.6 is 11.8 Å². The molecule has 0 aliphatic carbocycles. The van der Waals surface area contributed by atoms with Crippen LogP contribution in [0.1, 0.15) is 13.3 Å². The van der Waals surface area contributed by atoms with Gasteiger partial charge in [-0.2, -0.15) is 0 Å². The van der Waals surface area contributed by atoms with E-state index in [9.17, 15) is 18.0 Å². The molecule has 1 atom stereocenters. The molecule has 2 amide bonds. The zero-order valence-electron chi connectivity index (χ0n) is 18.6. The number of carbonyl (C=O) groups excluding carboxylic acids is 2. The summed E-state index contributed by atoms with van der Waals surface area (Å²) in [5.74, 6) is 0.221. The summed E-state index contributed by atoms with van der Waals surface area (Å²) < 4.78 is 30.9. The van der Waals surface area contributed by atoms with E-state index in [2.05, 4.69) is 10.2 Å². The second-order valence-electron chi connectivity index (χ2n) is 8.04. The van der Waals surface area contributed by atoms with E-state index < -0.39 is 9.84 Å². The van der Waals surface area contributed by atoms with Crippen molar-refractivity contribution in [2.24, 2.45) is 0 Å². The molecule has 1 fully saturated rings. The standard InChI is InChI=1S/C23H27N3O5S2/c1-16-23(28)24-20-15-19(7-8-21(20)32-16)33(29,30)14-9-22(27)26-12-10-25(11-13-26)17-3-5-18(31-2)6-4-17/h3-8,15-16H,9-14H2,1-2H3,(H,24,28)/t16-/m0/s1. The van der Waals surface area contributed by atoms with Crippen LogP contribution in [-0.2, 0) is 19.4 Å². The summed E-state index contributed by atoms with van der Waals surface area (Å²) in [5, 5.41) is 2.53. The smallest absolute Gasteiger partial charge is 0.237 e. The lowest BCUT2D eigenvalue weighted by molar-refractivity contribution is -0.131. The van der Waals surface area contributed by atoms with Crippen LogP contribution in [0.2, 0.25) is 0 Å². The monoisotopic (exact) mass is 489 g/mol. The Kier molecular flexibility index (Phi) is 6.85. The molecule has 8 nitrogen and oxygen atoms in total. The predicted molar refractivity (Wildman–Crippen MR) is 129 cm³/mol. The molecule has 0 aromatic heterocycles. The molecule has 2 heterocycles. The van der Waals surface area contributed by atoms with E-state index in [1.165, 1.54) is 17.8 Å². The second kappa shape index (κ2) is 9.64.